The number of rotatable bonds is 6. The lowest BCUT2D eigenvalue weighted by molar-refractivity contribution is 0.0792. The first-order valence-electron chi connectivity index (χ1n) is 7.38. The van der Waals surface area contributed by atoms with Gasteiger partial charge in [-0.05, 0) is 37.6 Å². The van der Waals surface area contributed by atoms with Crippen molar-refractivity contribution in [2.75, 3.05) is 13.2 Å². The van der Waals surface area contributed by atoms with Gasteiger partial charge in [-0.3, -0.25) is 0 Å². The van der Waals surface area contributed by atoms with Crippen molar-refractivity contribution in [3.05, 3.63) is 22.4 Å². The maximum Gasteiger partial charge on any atom is 0.318 e. The van der Waals surface area contributed by atoms with E-state index >= 15 is 0 Å². The Bertz CT molecular complexity index is 402. The van der Waals surface area contributed by atoms with Crippen LogP contribution in [0.5, 0.6) is 0 Å². The van der Waals surface area contributed by atoms with Crippen molar-refractivity contribution in [2.45, 2.75) is 51.8 Å². The van der Waals surface area contributed by atoms with Crippen LogP contribution >= 0.6 is 11.3 Å². The molecule has 0 spiro atoms. The molecule has 0 radical (unpaired) electrons. The molecule has 1 N–H and O–H groups in total. The number of amides is 2. The highest BCUT2D eigenvalue weighted by Crippen LogP contribution is 2.17. The van der Waals surface area contributed by atoms with E-state index in [4.69, 9.17) is 4.74 Å². The summed E-state index contributed by atoms with van der Waals surface area (Å²) >= 11 is 1.69. The van der Waals surface area contributed by atoms with Crippen molar-refractivity contribution in [3.63, 3.8) is 0 Å². The van der Waals surface area contributed by atoms with Crippen LogP contribution in [0.15, 0.2) is 17.5 Å². The molecule has 0 saturated carbocycles. The van der Waals surface area contributed by atoms with Crippen molar-refractivity contribution in [3.8, 4) is 0 Å². The van der Waals surface area contributed by atoms with Gasteiger partial charge in [0.25, 0.3) is 0 Å². The molecule has 2 unspecified atom stereocenters. The molecule has 5 heteroatoms. The summed E-state index contributed by atoms with van der Waals surface area (Å²) in [6, 6.07) is 4.32. The quantitative estimate of drug-likeness (QED) is 0.875. The Balaban J connectivity index is 1.96. The zero-order valence-electron chi connectivity index (χ0n) is 12.3. The van der Waals surface area contributed by atoms with Crippen LogP contribution in [0, 0.1) is 0 Å². The first-order chi connectivity index (χ1) is 9.69. The SMILES string of the molecule is CCC(C)NC(=O)N(Cc1cccs1)CC1CCCO1. The van der Waals surface area contributed by atoms with Crippen molar-refractivity contribution in [1.82, 2.24) is 10.2 Å². The van der Waals surface area contributed by atoms with E-state index in [1.807, 2.05) is 23.3 Å². The van der Waals surface area contributed by atoms with E-state index in [0.717, 1.165) is 25.9 Å². The minimum absolute atomic E-state index is 0.0169. The molecule has 2 amide bonds. The summed E-state index contributed by atoms with van der Waals surface area (Å²) in [5.74, 6) is 0. The third-order valence-corrected chi connectivity index (χ3v) is 4.51. The van der Waals surface area contributed by atoms with E-state index < -0.39 is 0 Å². The predicted octanol–water partition coefficient (Wildman–Crippen LogP) is 3.24. The van der Waals surface area contributed by atoms with Crippen molar-refractivity contribution < 1.29 is 9.53 Å². The Hall–Kier alpha value is -1.07. The molecule has 1 saturated heterocycles. The van der Waals surface area contributed by atoms with Crippen LogP contribution in [-0.2, 0) is 11.3 Å². The topological polar surface area (TPSA) is 41.6 Å². The van der Waals surface area contributed by atoms with Gasteiger partial charge in [-0.15, -0.1) is 11.3 Å². The largest absolute Gasteiger partial charge is 0.376 e. The average Bonchev–Trinajstić information content (AvgIpc) is 3.11. The molecule has 1 fully saturated rings. The van der Waals surface area contributed by atoms with E-state index in [0.29, 0.717) is 13.1 Å². The van der Waals surface area contributed by atoms with Crippen molar-refractivity contribution >= 4 is 17.4 Å². The maximum atomic E-state index is 12.4. The van der Waals surface area contributed by atoms with Gasteiger partial charge in [0.1, 0.15) is 0 Å². The Kier molecular flexibility index (Phi) is 5.86. The summed E-state index contributed by atoms with van der Waals surface area (Å²) in [6.45, 7) is 6.28. The number of carbonyl (C=O) groups is 1. The Morgan fingerprint density at radius 1 is 1.65 bits per heavy atom. The lowest BCUT2D eigenvalue weighted by Gasteiger charge is -2.26. The zero-order valence-corrected chi connectivity index (χ0v) is 13.1. The highest BCUT2D eigenvalue weighted by atomic mass is 32.1. The Morgan fingerprint density at radius 3 is 3.10 bits per heavy atom. The highest BCUT2D eigenvalue weighted by Gasteiger charge is 2.23. The Labute approximate surface area is 125 Å². The molecule has 0 bridgehead atoms. The molecule has 0 aromatic carbocycles. The van der Waals surface area contributed by atoms with Gasteiger partial charge in [0.15, 0.2) is 0 Å². The van der Waals surface area contributed by atoms with Crippen LogP contribution < -0.4 is 5.32 Å². The number of thiophene rings is 1. The van der Waals surface area contributed by atoms with Crippen LogP contribution in [-0.4, -0.2) is 36.2 Å². The number of hydrogen-bond donors (Lipinski definition) is 1. The summed E-state index contributed by atoms with van der Waals surface area (Å²) in [5, 5.41) is 5.10. The van der Waals surface area contributed by atoms with Crippen LogP contribution in [0.25, 0.3) is 0 Å². The molecule has 4 nitrogen and oxygen atoms in total. The number of nitrogens with one attached hydrogen (secondary N) is 1. The predicted molar refractivity (Wildman–Crippen MR) is 82.0 cm³/mol. The van der Waals surface area contributed by atoms with Gasteiger partial charge in [0.2, 0.25) is 0 Å². The van der Waals surface area contributed by atoms with Gasteiger partial charge < -0.3 is 15.0 Å². The molecule has 0 aliphatic carbocycles. The molecular formula is C15H24N2O2S. The summed E-state index contributed by atoms with van der Waals surface area (Å²) in [4.78, 5) is 15.5. The third kappa shape index (κ3) is 4.49. The number of carbonyl (C=O) groups excluding carboxylic acids is 1. The normalized spacial score (nSPS) is 19.8. The molecule has 20 heavy (non-hydrogen) atoms. The second-order valence-electron chi connectivity index (χ2n) is 5.35. The second kappa shape index (κ2) is 7.64. The minimum atomic E-state index is 0.0169. The lowest BCUT2D eigenvalue weighted by atomic mass is 10.2. The fraction of sp³-hybridized carbons (Fsp3) is 0.667. The Morgan fingerprint density at radius 2 is 2.50 bits per heavy atom. The first-order valence-corrected chi connectivity index (χ1v) is 8.26. The first kappa shape index (κ1) is 15.3. The van der Waals surface area contributed by atoms with Crippen LogP contribution in [0.3, 0.4) is 0 Å². The van der Waals surface area contributed by atoms with Gasteiger partial charge >= 0.3 is 6.03 Å². The van der Waals surface area contributed by atoms with E-state index in [-0.39, 0.29) is 18.2 Å². The van der Waals surface area contributed by atoms with E-state index in [2.05, 4.69) is 18.3 Å². The minimum Gasteiger partial charge on any atom is -0.376 e. The highest BCUT2D eigenvalue weighted by molar-refractivity contribution is 7.09. The summed E-state index contributed by atoms with van der Waals surface area (Å²) in [5.41, 5.74) is 0. The number of urea groups is 1. The summed E-state index contributed by atoms with van der Waals surface area (Å²) < 4.78 is 5.67. The average molecular weight is 296 g/mol. The molecule has 2 heterocycles. The summed E-state index contributed by atoms with van der Waals surface area (Å²) in [6.07, 6.45) is 3.29. The fourth-order valence-corrected chi connectivity index (χ4v) is 2.97. The molecule has 1 aliphatic heterocycles. The third-order valence-electron chi connectivity index (χ3n) is 3.64. The van der Waals surface area contributed by atoms with E-state index in [9.17, 15) is 4.79 Å². The maximum absolute atomic E-state index is 12.4. The van der Waals surface area contributed by atoms with E-state index in [1.165, 1.54) is 4.88 Å². The van der Waals surface area contributed by atoms with Gasteiger partial charge in [-0.25, -0.2) is 4.79 Å². The second-order valence-corrected chi connectivity index (χ2v) is 6.39. The molecule has 112 valence electrons. The van der Waals surface area contributed by atoms with Crippen LogP contribution in [0.2, 0.25) is 0 Å². The van der Waals surface area contributed by atoms with E-state index in [1.54, 1.807) is 11.3 Å². The number of nitrogens with zero attached hydrogens (tertiary/aromatic N) is 1. The van der Waals surface area contributed by atoms with Gasteiger partial charge in [0.05, 0.1) is 12.6 Å². The van der Waals surface area contributed by atoms with Crippen molar-refractivity contribution in [2.24, 2.45) is 0 Å². The number of hydrogen-bond acceptors (Lipinski definition) is 3. The summed E-state index contributed by atoms with van der Waals surface area (Å²) in [7, 11) is 0. The van der Waals surface area contributed by atoms with Crippen LogP contribution in [0.4, 0.5) is 4.79 Å². The smallest absolute Gasteiger partial charge is 0.318 e. The standard InChI is InChI=1S/C15H24N2O2S/c1-3-12(2)16-15(18)17(10-13-6-4-8-19-13)11-14-7-5-9-20-14/h5,7,9,12-13H,3-4,6,8,10-11H2,1-2H3,(H,16,18). The van der Waals surface area contributed by atoms with Gasteiger partial charge in [0, 0.05) is 24.1 Å². The zero-order chi connectivity index (χ0) is 14.4. The molecule has 2 rings (SSSR count). The van der Waals surface area contributed by atoms with Crippen molar-refractivity contribution in [1.29, 1.82) is 0 Å². The lowest BCUT2D eigenvalue weighted by Crippen LogP contribution is -2.46. The molecule has 1 aromatic heterocycles. The molecule has 1 aliphatic rings. The number of ether oxygens (including phenoxy) is 1. The molecule has 1 aromatic rings. The van der Waals surface area contributed by atoms with Gasteiger partial charge in [-0.2, -0.15) is 0 Å². The monoisotopic (exact) mass is 296 g/mol. The molecular weight excluding hydrogens is 272 g/mol. The van der Waals surface area contributed by atoms with Crippen LogP contribution in [0.1, 0.15) is 38.0 Å². The fourth-order valence-electron chi connectivity index (χ4n) is 2.25. The molecule has 2 atom stereocenters. The van der Waals surface area contributed by atoms with Gasteiger partial charge in [-0.1, -0.05) is 13.0 Å².